The largest absolute Gasteiger partial charge is 0.453 e. The van der Waals surface area contributed by atoms with Gasteiger partial charge in [0, 0.05) is 35.1 Å². The van der Waals surface area contributed by atoms with Gasteiger partial charge in [-0.15, -0.1) is 0 Å². The number of benzene rings is 4. The maximum atomic E-state index is 6.67. The molecule has 0 amide bonds. The molecular formula is C41H29N3O. The number of aromatic nitrogens is 2. The SMILES string of the molecule is CC1(C2=CC=CCN2)C2=C(c3cc(-c4ccc(-c5ccccc5)c5ccccc45)ncc3Oc3cnccc32)c2ccccc21. The molecule has 1 aliphatic carbocycles. The van der Waals surface area contributed by atoms with Crippen LogP contribution in [0.3, 0.4) is 0 Å². The van der Waals surface area contributed by atoms with Crippen LogP contribution in [0.2, 0.25) is 0 Å². The Morgan fingerprint density at radius 2 is 1.47 bits per heavy atom. The molecule has 4 nitrogen and oxygen atoms in total. The number of ether oxygens (including phenoxy) is 1. The average molecular weight is 580 g/mol. The zero-order valence-corrected chi connectivity index (χ0v) is 24.8. The summed E-state index contributed by atoms with van der Waals surface area (Å²) in [7, 11) is 0. The predicted octanol–water partition coefficient (Wildman–Crippen LogP) is 9.34. The van der Waals surface area contributed by atoms with Crippen molar-refractivity contribution in [2.75, 3.05) is 6.54 Å². The van der Waals surface area contributed by atoms with E-state index < -0.39 is 5.41 Å². The van der Waals surface area contributed by atoms with Crippen LogP contribution in [0.15, 0.2) is 146 Å². The molecule has 45 heavy (non-hydrogen) atoms. The summed E-state index contributed by atoms with van der Waals surface area (Å²) in [6, 6.07) is 36.7. The summed E-state index contributed by atoms with van der Waals surface area (Å²) in [5, 5.41) is 6.07. The Hall–Kier alpha value is -5.74. The molecule has 1 unspecified atom stereocenters. The van der Waals surface area contributed by atoms with E-state index in [1.807, 2.05) is 18.6 Å². The monoisotopic (exact) mass is 579 g/mol. The second-order valence-corrected chi connectivity index (χ2v) is 11.9. The van der Waals surface area contributed by atoms with Crippen molar-refractivity contribution < 1.29 is 4.74 Å². The number of rotatable bonds is 3. The lowest BCUT2D eigenvalue weighted by Crippen LogP contribution is -2.34. The summed E-state index contributed by atoms with van der Waals surface area (Å²) in [5.41, 5.74) is 12.1. The van der Waals surface area contributed by atoms with Gasteiger partial charge in [0.2, 0.25) is 0 Å². The second kappa shape index (κ2) is 9.90. The molecule has 4 aromatic carbocycles. The minimum Gasteiger partial charge on any atom is -0.453 e. The van der Waals surface area contributed by atoms with E-state index >= 15 is 0 Å². The zero-order chi connectivity index (χ0) is 30.0. The fourth-order valence-corrected chi connectivity index (χ4v) is 7.47. The molecule has 1 atom stereocenters. The molecule has 0 saturated heterocycles. The van der Waals surface area contributed by atoms with Crippen LogP contribution in [0.4, 0.5) is 0 Å². The van der Waals surface area contributed by atoms with Crippen molar-refractivity contribution in [2.24, 2.45) is 0 Å². The van der Waals surface area contributed by atoms with Crippen LogP contribution in [0.25, 0.3) is 44.3 Å². The molecule has 0 fully saturated rings. The lowest BCUT2D eigenvalue weighted by atomic mass is 9.73. The third kappa shape index (κ3) is 3.79. The molecule has 0 spiro atoms. The smallest absolute Gasteiger partial charge is 0.153 e. The molecule has 0 radical (unpaired) electrons. The van der Waals surface area contributed by atoms with Gasteiger partial charge in [0.1, 0.15) is 0 Å². The summed E-state index contributed by atoms with van der Waals surface area (Å²) >= 11 is 0. The molecule has 1 N–H and O–H groups in total. The number of allylic oxidation sites excluding steroid dienone is 3. The van der Waals surface area contributed by atoms with Crippen LogP contribution in [-0.2, 0) is 5.41 Å². The van der Waals surface area contributed by atoms with Crippen LogP contribution in [0.5, 0.6) is 11.5 Å². The summed E-state index contributed by atoms with van der Waals surface area (Å²) in [6.07, 6.45) is 12.1. The van der Waals surface area contributed by atoms with Gasteiger partial charge >= 0.3 is 0 Å². The first-order valence-electron chi connectivity index (χ1n) is 15.4. The summed E-state index contributed by atoms with van der Waals surface area (Å²) in [6.45, 7) is 3.13. The number of dihydropyridines is 1. The molecule has 0 bridgehead atoms. The fourth-order valence-electron chi connectivity index (χ4n) is 7.47. The van der Waals surface area contributed by atoms with Gasteiger partial charge in [-0.1, -0.05) is 103 Å². The van der Waals surface area contributed by atoms with Crippen molar-refractivity contribution in [3.63, 3.8) is 0 Å². The lowest BCUT2D eigenvalue weighted by Gasteiger charge is -2.34. The normalized spacial score (nSPS) is 17.8. The Bertz CT molecular complexity index is 2260. The summed E-state index contributed by atoms with van der Waals surface area (Å²) < 4.78 is 6.67. The third-order valence-electron chi connectivity index (χ3n) is 9.53. The van der Waals surface area contributed by atoms with Crippen LogP contribution in [0, 0.1) is 0 Å². The van der Waals surface area contributed by atoms with Gasteiger partial charge in [-0.25, -0.2) is 0 Å². The van der Waals surface area contributed by atoms with E-state index in [0.29, 0.717) is 0 Å². The van der Waals surface area contributed by atoms with Crippen LogP contribution < -0.4 is 10.1 Å². The standard InChI is InChI=1S/C41H29N3O/c1-41(38-17-9-10-21-43-38)34-16-8-7-15-31(34)39-33-23-35(44-25-37(33)45-36-24-42-22-20-32(36)40(39)41)30-19-18-27(26-11-3-2-4-12-26)28-13-5-6-14-29(28)30/h2-20,22-25,43H,21H2,1H3. The maximum Gasteiger partial charge on any atom is 0.153 e. The Kier molecular flexibility index (Phi) is 5.66. The number of nitrogens with one attached hydrogen (secondary N) is 1. The van der Waals surface area contributed by atoms with Crippen molar-refractivity contribution in [2.45, 2.75) is 12.3 Å². The van der Waals surface area contributed by atoms with E-state index in [-0.39, 0.29) is 0 Å². The molecular weight excluding hydrogens is 550 g/mol. The average Bonchev–Trinajstić information content (AvgIpc) is 3.28. The van der Waals surface area contributed by atoms with Gasteiger partial charge in [-0.3, -0.25) is 9.97 Å². The maximum absolute atomic E-state index is 6.67. The molecule has 214 valence electrons. The third-order valence-corrected chi connectivity index (χ3v) is 9.53. The van der Waals surface area contributed by atoms with Gasteiger partial charge in [0.25, 0.3) is 0 Å². The number of hydrogen-bond acceptors (Lipinski definition) is 4. The molecule has 9 rings (SSSR count). The van der Waals surface area contributed by atoms with Crippen molar-refractivity contribution in [3.05, 3.63) is 168 Å². The van der Waals surface area contributed by atoms with Crippen LogP contribution in [0.1, 0.15) is 29.2 Å². The van der Waals surface area contributed by atoms with E-state index in [1.165, 1.54) is 49.9 Å². The molecule has 0 saturated carbocycles. The van der Waals surface area contributed by atoms with Gasteiger partial charge in [0.15, 0.2) is 11.5 Å². The highest BCUT2D eigenvalue weighted by molar-refractivity contribution is 6.12. The number of pyridine rings is 2. The number of nitrogens with zero attached hydrogens (tertiary/aromatic N) is 2. The number of fused-ring (bicyclic) bond motifs is 7. The highest BCUT2D eigenvalue weighted by Gasteiger charge is 2.47. The van der Waals surface area contributed by atoms with Gasteiger partial charge in [0.05, 0.1) is 23.5 Å². The molecule has 4 heteroatoms. The minimum atomic E-state index is -0.425. The molecule has 3 aliphatic rings. The first-order valence-corrected chi connectivity index (χ1v) is 15.4. The topological polar surface area (TPSA) is 47.0 Å². The summed E-state index contributed by atoms with van der Waals surface area (Å²) in [4.78, 5) is 9.48. The minimum absolute atomic E-state index is 0.425. The van der Waals surface area contributed by atoms with Crippen LogP contribution >= 0.6 is 0 Å². The quantitative estimate of drug-likeness (QED) is 0.227. The van der Waals surface area contributed by atoms with Gasteiger partial charge in [-0.2, -0.15) is 0 Å². The van der Waals surface area contributed by atoms with Crippen molar-refractivity contribution in [1.82, 2.24) is 15.3 Å². The van der Waals surface area contributed by atoms with E-state index in [0.717, 1.165) is 40.4 Å². The van der Waals surface area contributed by atoms with Crippen molar-refractivity contribution in [3.8, 4) is 33.9 Å². The highest BCUT2D eigenvalue weighted by Crippen LogP contribution is 2.60. The first-order chi connectivity index (χ1) is 22.2. The summed E-state index contributed by atoms with van der Waals surface area (Å²) in [5.74, 6) is 1.47. The Morgan fingerprint density at radius 3 is 2.31 bits per heavy atom. The molecule has 4 heterocycles. The van der Waals surface area contributed by atoms with E-state index in [2.05, 4.69) is 139 Å². The van der Waals surface area contributed by atoms with Crippen LogP contribution in [-0.4, -0.2) is 16.5 Å². The predicted molar refractivity (Wildman–Crippen MR) is 182 cm³/mol. The number of hydrogen-bond donors (Lipinski definition) is 1. The van der Waals surface area contributed by atoms with Crippen molar-refractivity contribution >= 4 is 21.9 Å². The zero-order valence-electron chi connectivity index (χ0n) is 24.8. The highest BCUT2D eigenvalue weighted by atomic mass is 16.5. The molecule has 6 aromatic rings. The fraction of sp³-hybridized carbons (Fsp3) is 0.0732. The van der Waals surface area contributed by atoms with Gasteiger partial charge < -0.3 is 10.1 Å². The van der Waals surface area contributed by atoms with E-state index in [9.17, 15) is 0 Å². The second-order valence-electron chi connectivity index (χ2n) is 11.9. The first kappa shape index (κ1) is 25.7. The van der Waals surface area contributed by atoms with Crippen molar-refractivity contribution in [1.29, 1.82) is 0 Å². The Balaban J connectivity index is 1.32. The Morgan fingerprint density at radius 1 is 0.711 bits per heavy atom. The molecule has 2 aliphatic heterocycles. The lowest BCUT2D eigenvalue weighted by molar-refractivity contribution is 0.475. The van der Waals surface area contributed by atoms with E-state index in [1.54, 1.807) is 0 Å². The molecule has 2 aromatic heterocycles. The van der Waals surface area contributed by atoms with Gasteiger partial charge in [-0.05, 0) is 69.3 Å². The Labute approximate surface area is 262 Å². The van der Waals surface area contributed by atoms with E-state index in [4.69, 9.17) is 9.72 Å².